The summed E-state index contributed by atoms with van der Waals surface area (Å²) in [5, 5.41) is 12.0. The fraction of sp³-hybridized carbons (Fsp3) is 0.278. The quantitative estimate of drug-likeness (QED) is 0.528. The minimum Gasteiger partial charge on any atom is -0.480 e. The van der Waals surface area contributed by atoms with E-state index in [1.54, 1.807) is 13.8 Å². The first kappa shape index (κ1) is 17.7. The molecular formula is C18H18N2O3S2. The van der Waals surface area contributed by atoms with E-state index in [4.69, 9.17) is 0 Å². The number of benzene rings is 1. The van der Waals surface area contributed by atoms with E-state index < -0.39 is 10.7 Å². The van der Waals surface area contributed by atoms with E-state index in [1.165, 1.54) is 16.9 Å². The van der Waals surface area contributed by atoms with Crippen molar-refractivity contribution in [2.75, 3.05) is 0 Å². The van der Waals surface area contributed by atoms with Crippen molar-refractivity contribution in [3.63, 3.8) is 0 Å². The van der Waals surface area contributed by atoms with Crippen LogP contribution in [0.25, 0.3) is 21.3 Å². The molecule has 0 aliphatic carbocycles. The lowest BCUT2D eigenvalue weighted by molar-refractivity contribution is -0.138. The molecular weight excluding hydrogens is 356 g/mol. The smallest absolute Gasteiger partial charge is 0.319 e. The zero-order chi connectivity index (χ0) is 18.4. The molecule has 3 rings (SSSR count). The van der Waals surface area contributed by atoms with Crippen molar-refractivity contribution in [3.8, 4) is 11.1 Å². The average Bonchev–Trinajstić information content (AvgIpc) is 2.94. The summed E-state index contributed by atoms with van der Waals surface area (Å²) in [4.78, 5) is 31.7. The molecule has 0 unspecified atom stereocenters. The van der Waals surface area contributed by atoms with Gasteiger partial charge in [-0.3, -0.25) is 9.59 Å². The molecule has 0 spiro atoms. The van der Waals surface area contributed by atoms with Crippen LogP contribution in [-0.4, -0.2) is 25.8 Å². The zero-order valence-electron chi connectivity index (χ0n) is 14.3. The molecule has 0 radical (unpaired) electrons. The molecule has 0 aliphatic rings. The second-order valence-corrected chi connectivity index (χ2v) is 8.89. The molecule has 0 saturated carbocycles. The summed E-state index contributed by atoms with van der Waals surface area (Å²) in [7, 11) is 0. The van der Waals surface area contributed by atoms with Crippen LogP contribution in [0.5, 0.6) is 0 Å². The van der Waals surface area contributed by atoms with Crippen LogP contribution in [0, 0.1) is 13.8 Å². The number of hydrogen-bond donors (Lipinski definition) is 2. The van der Waals surface area contributed by atoms with E-state index in [-0.39, 0.29) is 5.56 Å². The number of carbonyl (C=O) groups is 1. The first-order valence-electron chi connectivity index (χ1n) is 7.70. The lowest BCUT2D eigenvalue weighted by Crippen LogP contribution is -2.27. The van der Waals surface area contributed by atoms with Crippen molar-refractivity contribution < 1.29 is 9.90 Å². The van der Waals surface area contributed by atoms with Gasteiger partial charge in [0.25, 0.3) is 5.56 Å². The maximum absolute atomic E-state index is 12.6. The van der Waals surface area contributed by atoms with E-state index in [2.05, 4.69) is 16.0 Å². The van der Waals surface area contributed by atoms with Crippen molar-refractivity contribution >= 4 is 39.3 Å². The number of nitrogens with zero attached hydrogens (tertiary/aromatic N) is 1. The fourth-order valence-electron chi connectivity index (χ4n) is 2.38. The lowest BCUT2D eigenvalue weighted by atomic mass is 10.0. The van der Waals surface area contributed by atoms with Gasteiger partial charge in [0.15, 0.2) is 5.16 Å². The molecule has 1 aromatic carbocycles. The molecule has 130 valence electrons. The minimum atomic E-state index is -1.07. The van der Waals surface area contributed by atoms with Crippen LogP contribution in [0.1, 0.15) is 25.0 Å². The van der Waals surface area contributed by atoms with Crippen molar-refractivity contribution in [2.24, 2.45) is 0 Å². The highest BCUT2D eigenvalue weighted by atomic mass is 32.2. The number of nitrogens with one attached hydrogen (secondary N) is 1. The van der Waals surface area contributed by atoms with Gasteiger partial charge in [-0.05, 0) is 44.4 Å². The summed E-state index contributed by atoms with van der Waals surface area (Å²) in [5.41, 5.74) is 3.95. The highest BCUT2D eigenvalue weighted by Gasteiger charge is 2.30. The molecule has 0 amide bonds. The Morgan fingerprint density at radius 2 is 2.00 bits per heavy atom. The summed E-state index contributed by atoms with van der Waals surface area (Å²) in [6.07, 6.45) is 0. The number of aromatic nitrogens is 2. The Bertz CT molecular complexity index is 1030. The van der Waals surface area contributed by atoms with Crippen molar-refractivity contribution in [1.82, 2.24) is 9.97 Å². The van der Waals surface area contributed by atoms with Gasteiger partial charge in [-0.2, -0.15) is 0 Å². The molecule has 0 aliphatic heterocycles. The highest BCUT2D eigenvalue weighted by molar-refractivity contribution is 8.01. The maximum atomic E-state index is 12.6. The summed E-state index contributed by atoms with van der Waals surface area (Å²) >= 11 is 2.42. The minimum absolute atomic E-state index is 0.247. The number of thioether (sulfide) groups is 1. The normalized spacial score (nSPS) is 11.8. The van der Waals surface area contributed by atoms with E-state index >= 15 is 0 Å². The number of aryl methyl sites for hydroxylation is 2. The summed E-state index contributed by atoms with van der Waals surface area (Å²) in [6, 6.07) is 6.10. The van der Waals surface area contributed by atoms with Crippen molar-refractivity contribution in [2.45, 2.75) is 37.6 Å². The first-order chi connectivity index (χ1) is 11.7. The fourth-order valence-corrected chi connectivity index (χ4v) is 4.24. The Morgan fingerprint density at radius 3 is 2.64 bits per heavy atom. The van der Waals surface area contributed by atoms with Crippen LogP contribution in [0.4, 0.5) is 0 Å². The van der Waals surface area contributed by atoms with Gasteiger partial charge in [0.1, 0.15) is 9.58 Å². The molecule has 0 saturated heterocycles. The van der Waals surface area contributed by atoms with Gasteiger partial charge >= 0.3 is 5.97 Å². The molecule has 0 bridgehead atoms. The summed E-state index contributed by atoms with van der Waals surface area (Å²) < 4.78 is -1.07. The van der Waals surface area contributed by atoms with E-state index in [0.29, 0.717) is 15.4 Å². The van der Waals surface area contributed by atoms with Gasteiger partial charge in [-0.15, -0.1) is 11.3 Å². The Kier molecular flexibility index (Phi) is 4.47. The Morgan fingerprint density at radius 1 is 1.28 bits per heavy atom. The first-order valence-corrected chi connectivity index (χ1v) is 9.40. The van der Waals surface area contributed by atoms with Crippen LogP contribution in [0.2, 0.25) is 0 Å². The third kappa shape index (κ3) is 3.34. The molecule has 2 heterocycles. The number of H-pyrrole nitrogens is 1. The molecule has 3 aromatic rings. The standard InChI is InChI=1S/C18H18N2O3S2/c1-9-5-6-11(7-10(9)2)12-8-24-15-13(12)14(21)19-17(20-15)25-18(3,4)16(22)23/h5-8H,1-4H3,(H,22,23)(H,19,20,21). The Labute approximate surface area is 153 Å². The van der Waals surface area contributed by atoms with Gasteiger partial charge in [0.05, 0.1) is 5.39 Å². The molecule has 2 aromatic heterocycles. The zero-order valence-corrected chi connectivity index (χ0v) is 16.0. The summed E-state index contributed by atoms with van der Waals surface area (Å²) in [5.74, 6) is -0.956. The highest BCUT2D eigenvalue weighted by Crippen LogP contribution is 2.34. The monoisotopic (exact) mass is 374 g/mol. The third-order valence-electron chi connectivity index (χ3n) is 4.11. The largest absolute Gasteiger partial charge is 0.480 e. The predicted molar refractivity (Wildman–Crippen MR) is 103 cm³/mol. The predicted octanol–water partition coefficient (Wildman–Crippen LogP) is 4.22. The second-order valence-electron chi connectivity index (χ2n) is 6.42. The Balaban J connectivity index is 2.09. The number of thiophene rings is 1. The summed E-state index contributed by atoms with van der Waals surface area (Å²) in [6.45, 7) is 7.25. The van der Waals surface area contributed by atoms with E-state index in [0.717, 1.165) is 28.5 Å². The molecule has 7 heteroatoms. The van der Waals surface area contributed by atoms with Crippen LogP contribution in [0.3, 0.4) is 0 Å². The Hall–Kier alpha value is -2.12. The van der Waals surface area contributed by atoms with Crippen LogP contribution < -0.4 is 5.56 Å². The van der Waals surface area contributed by atoms with Gasteiger partial charge < -0.3 is 10.1 Å². The SMILES string of the molecule is Cc1ccc(-c2csc3nc(SC(C)(C)C(=O)O)[nH]c(=O)c23)cc1C. The van der Waals surface area contributed by atoms with E-state index in [1.807, 2.05) is 31.4 Å². The maximum Gasteiger partial charge on any atom is 0.319 e. The number of aromatic amines is 1. The number of fused-ring (bicyclic) bond motifs is 1. The lowest BCUT2D eigenvalue weighted by Gasteiger charge is -2.17. The number of carboxylic acid groups (broad SMARTS) is 1. The molecule has 2 N–H and O–H groups in total. The molecule has 25 heavy (non-hydrogen) atoms. The molecule has 0 atom stereocenters. The number of hydrogen-bond acceptors (Lipinski definition) is 5. The van der Waals surface area contributed by atoms with Gasteiger partial charge in [-0.1, -0.05) is 30.0 Å². The third-order valence-corrected chi connectivity index (χ3v) is 6.05. The van der Waals surface area contributed by atoms with Crippen molar-refractivity contribution in [1.29, 1.82) is 0 Å². The molecule has 5 nitrogen and oxygen atoms in total. The van der Waals surface area contributed by atoms with Gasteiger partial charge in [0.2, 0.25) is 0 Å². The van der Waals surface area contributed by atoms with Gasteiger partial charge in [0, 0.05) is 10.9 Å². The average molecular weight is 374 g/mol. The number of aliphatic carboxylic acids is 1. The number of rotatable bonds is 4. The van der Waals surface area contributed by atoms with Crippen molar-refractivity contribution in [3.05, 3.63) is 45.1 Å². The number of carboxylic acids is 1. The molecule has 0 fully saturated rings. The van der Waals surface area contributed by atoms with E-state index in [9.17, 15) is 14.7 Å². The van der Waals surface area contributed by atoms with Crippen LogP contribution in [-0.2, 0) is 4.79 Å². The second kappa shape index (κ2) is 6.31. The van der Waals surface area contributed by atoms with Crippen LogP contribution >= 0.6 is 23.1 Å². The van der Waals surface area contributed by atoms with Gasteiger partial charge in [-0.25, -0.2) is 4.98 Å². The van der Waals surface area contributed by atoms with Crippen LogP contribution in [0.15, 0.2) is 33.5 Å². The topological polar surface area (TPSA) is 83.0 Å².